The van der Waals surface area contributed by atoms with Crippen molar-refractivity contribution in [3.05, 3.63) is 9.81 Å². The van der Waals surface area contributed by atoms with Crippen molar-refractivity contribution in [1.29, 1.82) is 0 Å². The van der Waals surface area contributed by atoms with Crippen molar-refractivity contribution in [2.45, 2.75) is 50.7 Å². The average Bonchev–Trinajstić information content (AvgIpc) is 2.67. The van der Waals surface area contributed by atoms with E-state index in [9.17, 15) is 4.79 Å². The molecule has 1 saturated heterocycles. The minimum Gasteiger partial charge on any atom is -0.466 e. The molecule has 0 atom stereocenters. The van der Waals surface area contributed by atoms with Crippen LogP contribution in [-0.2, 0) is 9.53 Å². The van der Waals surface area contributed by atoms with Gasteiger partial charge in [-0.3, -0.25) is 9.69 Å². The van der Waals surface area contributed by atoms with Gasteiger partial charge in [-0.05, 0) is 43.4 Å². The summed E-state index contributed by atoms with van der Waals surface area (Å²) in [5, 5.41) is 0. The summed E-state index contributed by atoms with van der Waals surface area (Å²) in [6.45, 7) is 8.85. The van der Waals surface area contributed by atoms with Crippen LogP contribution < -0.4 is 0 Å². The highest BCUT2D eigenvalue weighted by Crippen LogP contribution is 2.57. The topological polar surface area (TPSA) is 29.5 Å². The van der Waals surface area contributed by atoms with E-state index in [-0.39, 0.29) is 10.2 Å². The maximum absolute atomic E-state index is 12.0. The molecule has 1 fully saturated rings. The Morgan fingerprint density at radius 1 is 1.21 bits per heavy atom. The number of esters is 1. The molecule has 3 nitrogen and oxygen atoms in total. The van der Waals surface area contributed by atoms with Crippen LogP contribution in [0.4, 0.5) is 0 Å². The summed E-state index contributed by atoms with van der Waals surface area (Å²) in [5.74, 6) is -0.0735. The first kappa shape index (κ1) is 15.3. The molecule has 0 bridgehead atoms. The maximum Gasteiger partial charge on any atom is 0.309 e. The monoisotopic (exact) mass is 301 g/mol. The minimum atomic E-state index is -0.152. The smallest absolute Gasteiger partial charge is 0.309 e. The number of hydrogen-bond donors (Lipinski definition) is 0. The Morgan fingerprint density at radius 2 is 1.79 bits per heavy atom. The Hall–Kier alpha value is -0.130. The van der Waals surface area contributed by atoms with E-state index in [4.69, 9.17) is 4.74 Å². The van der Waals surface area contributed by atoms with Crippen LogP contribution in [0.2, 0.25) is 0 Å². The minimum absolute atomic E-state index is 0.0735. The lowest BCUT2D eigenvalue weighted by molar-refractivity contribution is -0.144. The highest BCUT2D eigenvalue weighted by atomic mass is 32.2. The normalized spacial score (nSPS) is 23.7. The highest BCUT2D eigenvalue weighted by Gasteiger charge is 2.45. The number of likely N-dealkylation sites (tertiary alicyclic amines) is 1. The molecule has 2 rings (SSSR count). The number of hydrogen-bond acceptors (Lipinski definition) is 5. The summed E-state index contributed by atoms with van der Waals surface area (Å²) >= 11 is 3.70. The Kier molecular flexibility index (Phi) is 5.26. The number of piperidine rings is 1. The molecule has 5 heteroatoms. The predicted octanol–water partition coefficient (Wildman–Crippen LogP) is 3.81. The third-order valence-corrected chi connectivity index (χ3v) is 6.93. The van der Waals surface area contributed by atoms with E-state index >= 15 is 0 Å². The molecule has 19 heavy (non-hydrogen) atoms. The number of thioether (sulfide) groups is 2. The predicted molar refractivity (Wildman–Crippen MR) is 83.0 cm³/mol. The van der Waals surface area contributed by atoms with Crippen molar-refractivity contribution in [3.8, 4) is 0 Å². The Labute approximate surface area is 124 Å². The van der Waals surface area contributed by atoms with Crippen LogP contribution in [0.5, 0.6) is 0 Å². The summed E-state index contributed by atoms with van der Waals surface area (Å²) in [5.41, 5.74) is 0. The highest BCUT2D eigenvalue weighted by molar-refractivity contribution is 8.24. The van der Waals surface area contributed by atoms with Gasteiger partial charge in [-0.15, -0.1) is 0 Å². The zero-order valence-corrected chi connectivity index (χ0v) is 13.7. The molecule has 0 aromatic heterocycles. The lowest BCUT2D eigenvalue weighted by Gasteiger charge is -2.41. The van der Waals surface area contributed by atoms with Crippen molar-refractivity contribution in [3.63, 3.8) is 0 Å². The van der Waals surface area contributed by atoms with Crippen LogP contribution >= 0.6 is 23.5 Å². The average molecular weight is 301 g/mol. The maximum atomic E-state index is 12.0. The standard InChI is InChI=1S/C14H23NO2S2/c1-4-17-13(16)10-14(15-8-6-5-7-9-15)18-11(2)12(3)19-14/h4-10H2,1-3H3. The van der Waals surface area contributed by atoms with Gasteiger partial charge in [0.15, 0.2) is 0 Å². The lowest BCUT2D eigenvalue weighted by Crippen LogP contribution is -2.46. The van der Waals surface area contributed by atoms with E-state index < -0.39 is 0 Å². The van der Waals surface area contributed by atoms with Gasteiger partial charge in [0.05, 0.1) is 13.0 Å². The van der Waals surface area contributed by atoms with E-state index in [1.807, 2.05) is 30.4 Å². The van der Waals surface area contributed by atoms with Gasteiger partial charge >= 0.3 is 5.97 Å². The van der Waals surface area contributed by atoms with Gasteiger partial charge in [0.25, 0.3) is 0 Å². The summed E-state index contributed by atoms with van der Waals surface area (Å²) < 4.78 is 5.03. The largest absolute Gasteiger partial charge is 0.466 e. The van der Waals surface area contributed by atoms with Crippen molar-refractivity contribution in [2.75, 3.05) is 19.7 Å². The summed E-state index contributed by atoms with van der Waals surface area (Å²) in [7, 11) is 0. The lowest BCUT2D eigenvalue weighted by atomic mass is 10.1. The van der Waals surface area contributed by atoms with Gasteiger partial charge in [-0.25, -0.2) is 0 Å². The number of nitrogens with zero attached hydrogens (tertiary/aromatic N) is 1. The molecule has 2 aliphatic heterocycles. The van der Waals surface area contributed by atoms with Crippen LogP contribution in [0.1, 0.15) is 46.5 Å². The number of carbonyl (C=O) groups excluding carboxylic acids is 1. The number of allylic oxidation sites excluding steroid dienone is 2. The second-order valence-corrected chi connectivity index (χ2v) is 8.30. The van der Waals surface area contributed by atoms with Gasteiger partial charge in [-0.1, -0.05) is 29.9 Å². The fourth-order valence-electron chi connectivity index (χ4n) is 2.59. The zero-order chi connectivity index (χ0) is 13.9. The van der Waals surface area contributed by atoms with Crippen molar-refractivity contribution >= 4 is 29.5 Å². The molecule has 0 N–H and O–H groups in total. The molecule has 0 aliphatic carbocycles. The molecule has 0 spiro atoms. The van der Waals surface area contributed by atoms with Gasteiger partial charge in [0.2, 0.25) is 0 Å². The Morgan fingerprint density at radius 3 is 2.32 bits per heavy atom. The first-order valence-electron chi connectivity index (χ1n) is 7.03. The summed E-state index contributed by atoms with van der Waals surface area (Å²) in [6, 6.07) is 0. The van der Waals surface area contributed by atoms with E-state index in [2.05, 4.69) is 18.7 Å². The second kappa shape index (κ2) is 6.55. The third-order valence-electron chi connectivity index (χ3n) is 3.63. The summed E-state index contributed by atoms with van der Waals surface area (Å²) in [6.07, 6.45) is 4.27. The SMILES string of the molecule is CCOC(=O)CC1(N2CCCCC2)SC(C)=C(C)S1. The molecular formula is C14H23NO2S2. The van der Waals surface area contributed by atoms with Crippen LogP contribution in [0.25, 0.3) is 0 Å². The molecule has 0 radical (unpaired) electrons. The molecule has 0 aromatic rings. The zero-order valence-electron chi connectivity index (χ0n) is 12.0. The molecule has 0 unspecified atom stereocenters. The number of rotatable bonds is 4. The fourth-order valence-corrected chi connectivity index (χ4v) is 6.00. The van der Waals surface area contributed by atoms with E-state index in [1.165, 1.54) is 29.1 Å². The molecule has 0 saturated carbocycles. The second-order valence-electron chi connectivity index (χ2n) is 5.06. The molecular weight excluding hydrogens is 278 g/mol. The molecule has 0 amide bonds. The molecule has 2 heterocycles. The Balaban J connectivity index is 2.12. The van der Waals surface area contributed by atoms with Crippen molar-refractivity contribution in [2.24, 2.45) is 0 Å². The quantitative estimate of drug-likeness (QED) is 0.737. The van der Waals surface area contributed by atoms with Crippen LogP contribution in [0, 0.1) is 0 Å². The van der Waals surface area contributed by atoms with Crippen molar-refractivity contribution < 1.29 is 9.53 Å². The van der Waals surface area contributed by atoms with Gasteiger partial charge in [-0.2, -0.15) is 0 Å². The van der Waals surface area contributed by atoms with E-state index in [1.54, 1.807) is 0 Å². The van der Waals surface area contributed by atoms with Gasteiger partial charge < -0.3 is 4.74 Å². The summed E-state index contributed by atoms with van der Waals surface area (Å²) in [4.78, 5) is 17.1. The van der Waals surface area contributed by atoms with E-state index in [0.29, 0.717) is 13.0 Å². The number of ether oxygens (including phenoxy) is 1. The molecule has 0 aromatic carbocycles. The fraction of sp³-hybridized carbons (Fsp3) is 0.786. The first-order valence-corrected chi connectivity index (χ1v) is 8.67. The van der Waals surface area contributed by atoms with E-state index in [0.717, 1.165) is 13.1 Å². The molecule has 108 valence electrons. The van der Waals surface area contributed by atoms with Crippen molar-refractivity contribution in [1.82, 2.24) is 4.90 Å². The van der Waals surface area contributed by atoms with Crippen LogP contribution in [0.15, 0.2) is 9.81 Å². The number of carbonyl (C=O) groups is 1. The van der Waals surface area contributed by atoms with Gasteiger partial charge in [0, 0.05) is 13.1 Å². The van der Waals surface area contributed by atoms with Gasteiger partial charge in [0.1, 0.15) is 4.20 Å². The third kappa shape index (κ3) is 3.50. The molecule has 2 aliphatic rings. The Bertz CT molecular complexity index is 362. The van der Waals surface area contributed by atoms with Crippen LogP contribution in [0.3, 0.4) is 0 Å². The van der Waals surface area contributed by atoms with Crippen LogP contribution in [-0.4, -0.2) is 34.8 Å². The first-order chi connectivity index (χ1) is 9.07.